The molecule has 2 heterocycles. The number of aliphatic hydroxyl groups is 1. The number of rotatable bonds is 8. The van der Waals surface area contributed by atoms with Gasteiger partial charge in [-0.15, -0.1) is 0 Å². The number of ketones is 1. The molecule has 2 aromatic carbocycles. The van der Waals surface area contributed by atoms with Crippen LogP contribution in [0.2, 0.25) is 0 Å². The monoisotopic (exact) mass is 433 g/mol. The second-order valence-electron chi connectivity index (χ2n) is 7.27. The molecule has 0 spiro atoms. The van der Waals surface area contributed by atoms with Gasteiger partial charge in [0, 0.05) is 5.69 Å². The van der Waals surface area contributed by atoms with Crippen LogP contribution in [0.25, 0.3) is 0 Å². The summed E-state index contributed by atoms with van der Waals surface area (Å²) in [6.45, 7) is 2.54. The second kappa shape index (κ2) is 9.01. The normalized spacial score (nSPS) is 15.9. The summed E-state index contributed by atoms with van der Waals surface area (Å²) in [4.78, 5) is 27.8. The largest absolute Gasteiger partial charge is 0.503 e. The third-order valence-electron chi connectivity index (χ3n) is 5.20. The Labute approximate surface area is 185 Å². The molecular weight excluding hydrogens is 410 g/mol. The minimum atomic E-state index is -0.862. The van der Waals surface area contributed by atoms with Crippen molar-refractivity contribution in [2.45, 2.75) is 19.4 Å². The van der Waals surface area contributed by atoms with E-state index in [0.29, 0.717) is 29.4 Å². The van der Waals surface area contributed by atoms with Gasteiger partial charge < -0.3 is 19.0 Å². The van der Waals surface area contributed by atoms with Gasteiger partial charge in [-0.2, -0.15) is 0 Å². The molecular formula is C25H23NO6. The van der Waals surface area contributed by atoms with Gasteiger partial charge in [-0.05, 0) is 60.5 Å². The summed E-state index contributed by atoms with van der Waals surface area (Å²) >= 11 is 0. The number of nitrogens with zero attached hydrogens (tertiary/aromatic N) is 1. The van der Waals surface area contributed by atoms with Gasteiger partial charge in [0.1, 0.15) is 11.5 Å². The van der Waals surface area contributed by atoms with E-state index in [1.165, 1.54) is 17.2 Å². The molecule has 1 aromatic heterocycles. The van der Waals surface area contributed by atoms with Crippen molar-refractivity contribution >= 4 is 17.4 Å². The van der Waals surface area contributed by atoms with Crippen LogP contribution in [-0.2, 0) is 4.79 Å². The van der Waals surface area contributed by atoms with E-state index in [1.807, 2.05) is 13.0 Å². The molecule has 1 aliphatic heterocycles. The standard InChI is InChI=1S/C25H23NO6/c1-3-13-31-19-7-4-6-16(15-19)22-21(23(27)20-8-5-14-32-20)24(28)25(29)26(22)17-9-11-18(30-2)12-10-17/h4-12,14-15,22,28H,3,13H2,1-2H3. The molecule has 0 aliphatic carbocycles. The quantitative estimate of drug-likeness (QED) is 0.511. The van der Waals surface area contributed by atoms with Gasteiger partial charge in [-0.3, -0.25) is 14.5 Å². The number of aliphatic hydroxyl groups excluding tert-OH is 1. The Bertz CT molecular complexity index is 1150. The number of benzene rings is 2. The van der Waals surface area contributed by atoms with Gasteiger partial charge in [0.25, 0.3) is 5.91 Å². The summed E-state index contributed by atoms with van der Waals surface area (Å²) in [6.07, 6.45) is 2.21. The molecule has 164 valence electrons. The zero-order valence-electron chi connectivity index (χ0n) is 17.8. The Balaban J connectivity index is 1.83. The maximum Gasteiger partial charge on any atom is 0.294 e. The highest BCUT2D eigenvalue weighted by Crippen LogP contribution is 2.43. The average molecular weight is 433 g/mol. The number of hydrogen-bond acceptors (Lipinski definition) is 6. The zero-order chi connectivity index (χ0) is 22.7. The summed E-state index contributed by atoms with van der Waals surface area (Å²) in [7, 11) is 1.55. The first-order valence-corrected chi connectivity index (χ1v) is 10.3. The summed E-state index contributed by atoms with van der Waals surface area (Å²) in [5.74, 6) is -0.554. The molecule has 1 aliphatic rings. The van der Waals surface area contributed by atoms with E-state index in [0.717, 1.165) is 6.42 Å². The predicted octanol–water partition coefficient (Wildman–Crippen LogP) is 4.86. The van der Waals surface area contributed by atoms with E-state index in [9.17, 15) is 14.7 Å². The zero-order valence-corrected chi connectivity index (χ0v) is 17.8. The Morgan fingerprint density at radius 3 is 2.53 bits per heavy atom. The number of carbonyl (C=O) groups is 2. The highest BCUT2D eigenvalue weighted by molar-refractivity contribution is 6.20. The number of furan rings is 1. The van der Waals surface area contributed by atoms with Crippen LogP contribution in [0.15, 0.2) is 82.7 Å². The lowest BCUT2D eigenvalue weighted by molar-refractivity contribution is -0.117. The Kier molecular flexibility index (Phi) is 5.98. The van der Waals surface area contributed by atoms with Gasteiger partial charge in [-0.25, -0.2) is 0 Å². The summed E-state index contributed by atoms with van der Waals surface area (Å²) in [6, 6.07) is 16.2. The van der Waals surface area contributed by atoms with E-state index >= 15 is 0 Å². The minimum absolute atomic E-state index is 0.0410. The van der Waals surface area contributed by atoms with Crippen molar-refractivity contribution in [1.29, 1.82) is 0 Å². The second-order valence-corrected chi connectivity index (χ2v) is 7.27. The van der Waals surface area contributed by atoms with E-state index < -0.39 is 23.5 Å². The molecule has 0 radical (unpaired) electrons. The van der Waals surface area contributed by atoms with Crippen LogP contribution in [0.5, 0.6) is 11.5 Å². The number of hydrogen-bond donors (Lipinski definition) is 1. The Morgan fingerprint density at radius 2 is 1.88 bits per heavy atom. The van der Waals surface area contributed by atoms with Crippen molar-refractivity contribution < 1.29 is 28.6 Å². The van der Waals surface area contributed by atoms with Gasteiger partial charge in [-0.1, -0.05) is 19.1 Å². The number of amides is 1. The van der Waals surface area contributed by atoms with E-state index in [1.54, 1.807) is 55.6 Å². The number of methoxy groups -OCH3 is 1. The van der Waals surface area contributed by atoms with Crippen molar-refractivity contribution in [3.05, 3.63) is 89.6 Å². The number of ether oxygens (including phenoxy) is 2. The number of carbonyl (C=O) groups excluding carboxylic acids is 2. The maximum atomic E-state index is 13.2. The number of anilines is 1. The van der Waals surface area contributed by atoms with Crippen LogP contribution in [0.4, 0.5) is 5.69 Å². The Hall–Kier alpha value is -4.00. The summed E-state index contributed by atoms with van der Waals surface area (Å²) in [5, 5.41) is 10.8. The van der Waals surface area contributed by atoms with Crippen molar-refractivity contribution in [3.8, 4) is 11.5 Å². The van der Waals surface area contributed by atoms with Crippen molar-refractivity contribution in [2.24, 2.45) is 0 Å². The maximum absolute atomic E-state index is 13.2. The first-order chi connectivity index (χ1) is 15.5. The molecule has 0 fully saturated rings. The smallest absolute Gasteiger partial charge is 0.294 e. The van der Waals surface area contributed by atoms with E-state index in [4.69, 9.17) is 13.9 Å². The Morgan fingerprint density at radius 1 is 1.09 bits per heavy atom. The van der Waals surface area contributed by atoms with Crippen molar-refractivity contribution in [1.82, 2.24) is 0 Å². The van der Waals surface area contributed by atoms with E-state index in [-0.39, 0.29) is 11.3 Å². The fourth-order valence-corrected chi connectivity index (χ4v) is 3.70. The molecule has 0 bridgehead atoms. The molecule has 7 nitrogen and oxygen atoms in total. The van der Waals surface area contributed by atoms with Crippen molar-refractivity contribution in [2.75, 3.05) is 18.6 Å². The third-order valence-corrected chi connectivity index (χ3v) is 5.20. The van der Waals surface area contributed by atoms with Crippen LogP contribution < -0.4 is 14.4 Å². The molecule has 1 atom stereocenters. The molecule has 7 heteroatoms. The van der Waals surface area contributed by atoms with Crippen LogP contribution in [0.3, 0.4) is 0 Å². The molecule has 1 unspecified atom stereocenters. The molecule has 0 saturated carbocycles. The summed E-state index contributed by atoms with van der Waals surface area (Å²) < 4.78 is 16.2. The third kappa shape index (κ3) is 3.85. The first-order valence-electron chi connectivity index (χ1n) is 10.3. The average Bonchev–Trinajstić information content (AvgIpc) is 3.45. The lowest BCUT2D eigenvalue weighted by Gasteiger charge is -2.27. The van der Waals surface area contributed by atoms with Gasteiger partial charge in [0.2, 0.25) is 5.78 Å². The molecule has 4 rings (SSSR count). The number of Topliss-reactive ketones (excluding diaryl/α,β-unsaturated/α-hetero) is 1. The van der Waals surface area contributed by atoms with Crippen molar-refractivity contribution in [3.63, 3.8) is 0 Å². The molecule has 0 saturated heterocycles. The predicted molar refractivity (Wildman–Crippen MR) is 118 cm³/mol. The molecule has 1 N–H and O–H groups in total. The van der Waals surface area contributed by atoms with Gasteiger partial charge in [0.05, 0.1) is 31.6 Å². The van der Waals surface area contributed by atoms with Gasteiger partial charge in [0.15, 0.2) is 11.5 Å². The lowest BCUT2D eigenvalue weighted by atomic mass is 9.94. The first kappa shape index (κ1) is 21.2. The van der Waals surface area contributed by atoms with Crippen LogP contribution in [-0.4, -0.2) is 30.5 Å². The molecule has 1 amide bonds. The van der Waals surface area contributed by atoms with Crippen LogP contribution >= 0.6 is 0 Å². The van der Waals surface area contributed by atoms with Crippen LogP contribution in [0, 0.1) is 0 Å². The SMILES string of the molecule is CCCOc1cccc(C2C(C(=O)c3ccco3)=C(O)C(=O)N2c2ccc(OC)cc2)c1. The molecule has 3 aromatic rings. The minimum Gasteiger partial charge on any atom is -0.503 e. The topological polar surface area (TPSA) is 89.2 Å². The fourth-order valence-electron chi connectivity index (χ4n) is 3.70. The summed E-state index contributed by atoms with van der Waals surface area (Å²) in [5.41, 5.74) is 1.09. The van der Waals surface area contributed by atoms with E-state index in [2.05, 4.69) is 0 Å². The van der Waals surface area contributed by atoms with Crippen LogP contribution in [0.1, 0.15) is 35.5 Å². The molecule has 32 heavy (non-hydrogen) atoms. The highest BCUT2D eigenvalue weighted by atomic mass is 16.5. The lowest BCUT2D eigenvalue weighted by Crippen LogP contribution is -2.31. The fraction of sp³-hybridized carbons (Fsp3) is 0.200. The van der Waals surface area contributed by atoms with Gasteiger partial charge >= 0.3 is 0 Å². The highest BCUT2D eigenvalue weighted by Gasteiger charge is 2.45.